The average Bonchev–Trinajstić information content (AvgIpc) is 2.69. The number of carbonyl (C=O) groups excluding carboxylic acids is 2. The smallest absolute Gasteiger partial charge is 0.408 e. The number of rotatable bonds is 5. The third-order valence-corrected chi connectivity index (χ3v) is 4.75. The number of alkyl carbamates (subject to hydrolysis) is 1. The second-order valence-electron chi connectivity index (χ2n) is 8.41. The van der Waals surface area contributed by atoms with E-state index in [-0.39, 0.29) is 5.75 Å². The molecule has 7 heteroatoms. The van der Waals surface area contributed by atoms with E-state index in [1.807, 2.05) is 19.1 Å². The second kappa shape index (κ2) is 8.79. The first-order valence-corrected chi connectivity index (χ1v) is 10.3. The Labute approximate surface area is 180 Å². The van der Waals surface area contributed by atoms with E-state index in [0.29, 0.717) is 29.4 Å². The summed E-state index contributed by atoms with van der Waals surface area (Å²) in [6.45, 7) is 8.86. The largest absolute Gasteiger partial charge is 0.444 e. The summed E-state index contributed by atoms with van der Waals surface area (Å²) < 4.78 is 16.3. The number of fused-ring (bicyclic) bond motifs is 3. The second-order valence-corrected chi connectivity index (χ2v) is 8.41. The van der Waals surface area contributed by atoms with Crippen molar-refractivity contribution < 1.29 is 23.5 Å². The first-order valence-electron chi connectivity index (χ1n) is 10.3. The molecule has 7 nitrogen and oxygen atoms in total. The maximum Gasteiger partial charge on any atom is 0.408 e. The summed E-state index contributed by atoms with van der Waals surface area (Å²) >= 11 is 0. The number of benzene rings is 2. The predicted molar refractivity (Wildman–Crippen MR) is 118 cm³/mol. The van der Waals surface area contributed by atoms with E-state index >= 15 is 0 Å². The number of carbonyl (C=O) groups is 2. The maximum atomic E-state index is 12.8. The average molecular weight is 425 g/mol. The summed E-state index contributed by atoms with van der Waals surface area (Å²) in [5, 5.41) is 4.59. The van der Waals surface area contributed by atoms with Gasteiger partial charge in [0.25, 0.3) is 0 Å². The number of hydrogen-bond acceptors (Lipinski definition) is 6. The molecule has 0 saturated heterocycles. The highest BCUT2D eigenvalue weighted by molar-refractivity contribution is 6.05. The van der Waals surface area contributed by atoms with E-state index < -0.39 is 29.3 Å². The van der Waals surface area contributed by atoms with Gasteiger partial charge in [-0.05, 0) is 57.7 Å². The molecule has 164 valence electrons. The molecular weight excluding hydrogens is 398 g/mol. The lowest BCUT2D eigenvalue weighted by atomic mass is 10.0. The van der Waals surface area contributed by atoms with Gasteiger partial charge in [0, 0.05) is 10.9 Å². The molecule has 0 bridgehead atoms. The first kappa shape index (κ1) is 22.3. The fourth-order valence-corrected chi connectivity index (χ4v) is 3.34. The summed E-state index contributed by atoms with van der Waals surface area (Å²) in [5.74, 6) is -0.346. The fourth-order valence-electron chi connectivity index (χ4n) is 3.34. The Bertz CT molecular complexity index is 1190. The van der Waals surface area contributed by atoms with Crippen LogP contribution in [0.2, 0.25) is 0 Å². The predicted octanol–water partition coefficient (Wildman–Crippen LogP) is 4.85. The van der Waals surface area contributed by atoms with E-state index in [9.17, 15) is 14.4 Å². The number of amides is 1. The lowest BCUT2D eigenvalue weighted by Gasteiger charge is -2.23. The van der Waals surface area contributed by atoms with Crippen LogP contribution in [0.5, 0.6) is 5.75 Å². The van der Waals surface area contributed by atoms with Gasteiger partial charge in [-0.15, -0.1) is 0 Å². The zero-order valence-electron chi connectivity index (χ0n) is 18.4. The molecule has 1 unspecified atom stereocenters. The molecule has 2 aromatic carbocycles. The van der Waals surface area contributed by atoms with Gasteiger partial charge < -0.3 is 19.2 Å². The summed E-state index contributed by atoms with van der Waals surface area (Å²) in [5.41, 5.74) is -0.243. The highest BCUT2D eigenvalue weighted by Gasteiger charge is 2.26. The van der Waals surface area contributed by atoms with Gasteiger partial charge in [-0.3, -0.25) is 0 Å². The normalized spacial score (nSPS) is 12.5. The zero-order chi connectivity index (χ0) is 22.8. The lowest BCUT2D eigenvalue weighted by molar-refractivity contribution is -0.137. The molecule has 1 heterocycles. The van der Waals surface area contributed by atoms with E-state index in [2.05, 4.69) is 5.32 Å². The van der Waals surface area contributed by atoms with Crippen LogP contribution in [-0.4, -0.2) is 23.7 Å². The van der Waals surface area contributed by atoms with E-state index in [1.165, 1.54) is 0 Å². The Kier molecular flexibility index (Phi) is 6.34. The number of aryl methyl sites for hydroxylation is 1. The minimum atomic E-state index is -0.862. The highest BCUT2D eigenvalue weighted by atomic mass is 16.6. The number of esters is 1. The van der Waals surface area contributed by atoms with E-state index in [0.717, 1.165) is 10.8 Å². The number of ether oxygens (including phenoxy) is 2. The van der Waals surface area contributed by atoms with Crippen LogP contribution in [0, 0.1) is 6.92 Å². The van der Waals surface area contributed by atoms with Gasteiger partial charge >= 0.3 is 17.7 Å². The van der Waals surface area contributed by atoms with Crippen LogP contribution < -0.4 is 15.7 Å². The van der Waals surface area contributed by atoms with Gasteiger partial charge in [0.2, 0.25) is 0 Å². The Morgan fingerprint density at radius 1 is 1.06 bits per heavy atom. The third kappa shape index (κ3) is 5.05. The molecular formula is C24H27NO6. The van der Waals surface area contributed by atoms with Crippen molar-refractivity contribution in [1.29, 1.82) is 0 Å². The Morgan fingerprint density at radius 3 is 2.39 bits per heavy atom. The number of hydrogen-bond donors (Lipinski definition) is 1. The van der Waals surface area contributed by atoms with Gasteiger partial charge in [0.15, 0.2) is 0 Å². The topological polar surface area (TPSA) is 94.8 Å². The van der Waals surface area contributed by atoms with Crippen LogP contribution in [0.4, 0.5) is 4.79 Å². The monoisotopic (exact) mass is 425 g/mol. The van der Waals surface area contributed by atoms with Crippen molar-refractivity contribution >= 4 is 33.8 Å². The molecule has 1 amide bonds. The van der Waals surface area contributed by atoms with E-state index in [1.54, 1.807) is 52.0 Å². The SMILES string of the molecule is CCCC(NC(=O)OC(C)(C)C)C(=O)Oc1ccc2c(oc(=O)c3ccccc32)c1C. The Morgan fingerprint density at radius 2 is 1.74 bits per heavy atom. The quantitative estimate of drug-likeness (QED) is 0.272. The van der Waals surface area contributed by atoms with Crippen molar-refractivity contribution in [1.82, 2.24) is 5.32 Å². The van der Waals surface area contributed by atoms with Gasteiger partial charge in [0.1, 0.15) is 23.0 Å². The Hall–Kier alpha value is -3.35. The third-order valence-electron chi connectivity index (χ3n) is 4.75. The fraction of sp³-hybridized carbons (Fsp3) is 0.375. The van der Waals surface area contributed by atoms with Crippen molar-refractivity contribution in [2.75, 3.05) is 0 Å². The van der Waals surface area contributed by atoms with Crippen molar-refractivity contribution in [2.24, 2.45) is 0 Å². The van der Waals surface area contributed by atoms with Crippen molar-refractivity contribution in [2.45, 2.75) is 59.1 Å². The maximum absolute atomic E-state index is 12.8. The molecule has 0 radical (unpaired) electrons. The molecule has 0 saturated carbocycles. The molecule has 1 N–H and O–H groups in total. The summed E-state index contributed by atoms with van der Waals surface area (Å²) in [6.07, 6.45) is 0.369. The molecule has 0 spiro atoms. The van der Waals surface area contributed by atoms with Gasteiger partial charge in [-0.25, -0.2) is 14.4 Å². The summed E-state index contributed by atoms with van der Waals surface area (Å²) in [4.78, 5) is 37.3. The lowest BCUT2D eigenvalue weighted by Crippen LogP contribution is -2.45. The number of nitrogens with one attached hydrogen (secondary N) is 1. The van der Waals surface area contributed by atoms with Gasteiger partial charge in [-0.2, -0.15) is 0 Å². The van der Waals surface area contributed by atoms with Crippen LogP contribution in [-0.2, 0) is 9.53 Å². The molecule has 3 aromatic rings. The minimum absolute atomic E-state index is 0.267. The zero-order valence-corrected chi connectivity index (χ0v) is 18.4. The van der Waals surface area contributed by atoms with Crippen LogP contribution in [0.15, 0.2) is 45.6 Å². The van der Waals surface area contributed by atoms with Gasteiger partial charge in [0.05, 0.1) is 5.39 Å². The van der Waals surface area contributed by atoms with Crippen LogP contribution >= 0.6 is 0 Å². The summed E-state index contributed by atoms with van der Waals surface area (Å²) in [6, 6.07) is 9.74. The molecule has 1 atom stereocenters. The molecule has 31 heavy (non-hydrogen) atoms. The van der Waals surface area contributed by atoms with Crippen molar-refractivity contribution in [3.8, 4) is 5.75 Å². The molecule has 0 aliphatic rings. The molecule has 3 rings (SSSR count). The molecule has 0 fully saturated rings. The summed E-state index contributed by atoms with van der Waals surface area (Å²) in [7, 11) is 0. The molecule has 1 aromatic heterocycles. The molecule has 0 aliphatic carbocycles. The standard InChI is InChI=1S/C24H27NO6/c1-6-9-18(25-23(28)31-24(3,4)5)22(27)29-19-13-12-16-15-10-7-8-11-17(15)21(26)30-20(16)14(19)2/h7-8,10-13,18H,6,9H2,1-5H3,(H,25,28). The van der Waals surface area contributed by atoms with E-state index in [4.69, 9.17) is 13.9 Å². The van der Waals surface area contributed by atoms with Crippen LogP contribution in [0.3, 0.4) is 0 Å². The van der Waals surface area contributed by atoms with Crippen LogP contribution in [0.1, 0.15) is 46.1 Å². The van der Waals surface area contributed by atoms with Crippen LogP contribution in [0.25, 0.3) is 21.7 Å². The highest BCUT2D eigenvalue weighted by Crippen LogP contribution is 2.31. The Balaban J connectivity index is 1.89. The molecule has 0 aliphatic heterocycles. The van der Waals surface area contributed by atoms with Crippen molar-refractivity contribution in [3.05, 3.63) is 52.4 Å². The van der Waals surface area contributed by atoms with Gasteiger partial charge in [-0.1, -0.05) is 31.5 Å². The van der Waals surface area contributed by atoms with Crippen molar-refractivity contribution in [3.63, 3.8) is 0 Å². The minimum Gasteiger partial charge on any atom is -0.444 e. The first-order chi connectivity index (χ1) is 14.6.